The van der Waals surface area contributed by atoms with Crippen LogP contribution in [-0.4, -0.2) is 68.5 Å². The summed E-state index contributed by atoms with van der Waals surface area (Å²) in [4.78, 5) is 6.25. The Labute approximate surface area is 240 Å². The monoisotopic (exact) mass is 562 g/mol. The number of thiophene rings is 1. The highest BCUT2D eigenvalue weighted by atomic mass is 32.1. The molecular weight excluding hydrogens is 524 g/mol. The van der Waals surface area contributed by atoms with Crippen molar-refractivity contribution >= 4 is 11.3 Å². The first-order valence-corrected chi connectivity index (χ1v) is 14.5. The van der Waals surface area contributed by atoms with Gasteiger partial charge in [0.05, 0.1) is 34.0 Å². The normalized spacial score (nSPS) is 14.5. The Morgan fingerprint density at radius 2 is 1.50 bits per heavy atom. The highest BCUT2D eigenvalue weighted by Crippen LogP contribution is 2.39. The number of furan rings is 1. The second kappa shape index (κ2) is 13.0. The number of hydrogen-bond donors (Lipinski definition) is 1. The molecular formula is C32H38N2O5S. The Balaban J connectivity index is 1.42. The fraction of sp³-hybridized carbons (Fsp3) is 0.375. The Kier molecular flexibility index (Phi) is 9.24. The van der Waals surface area contributed by atoms with Crippen molar-refractivity contribution < 1.29 is 23.7 Å². The van der Waals surface area contributed by atoms with Crippen LogP contribution in [0, 0.1) is 6.92 Å². The molecule has 4 aromatic rings. The second-order valence-corrected chi connectivity index (χ2v) is 11.1. The van der Waals surface area contributed by atoms with E-state index in [0.717, 1.165) is 63.2 Å². The number of nitrogens with zero attached hydrogens (tertiary/aromatic N) is 2. The second-order valence-electron chi connectivity index (χ2n) is 10.1. The lowest BCUT2D eigenvalue weighted by Gasteiger charge is -2.30. The summed E-state index contributed by atoms with van der Waals surface area (Å²) in [7, 11) is 3.26. The maximum Gasteiger partial charge on any atom is 0.173 e. The minimum Gasteiger partial charge on any atom is -0.497 e. The van der Waals surface area contributed by atoms with E-state index in [1.54, 1.807) is 25.6 Å². The molecule has 7 nitrogen and oxygen atoms in total. The molecule has 0 aliphatic carbocycles. The summed E-state index contributed by atoms with van der Waals surface area (Å²) in [6.45, 7) is 9.06. The summed E-state index contributed by atoms with van der Waals surface area (Å²) >= 11 is 1.79. The van der Waals surface area contributed by atoms with Crippen molar-refractivity contribution in [3.8, 4) is 11.5 Å². The van der Waals surface area contributed by atoms with Gasteiger partial charge in [-0.25, -0.2) is 0 Å². The van der Waals surface area contributed by atoms with Gasteiger partial charge in [-0.05, 0) is 71.5 Å². The Bertz CT molecular complexity index is 1290. The van der Waals surface area contributed by atoms with E-state index in [9.17, 15) is 5.11 Å². The molecule has 8 heteroatoms. The van der Waals surface area contributed by atoms with Crippen LogP contribution < -0.4 is 9.47 Å². The van der Waals surface area contributed by atoms with Crippen LogP contribution in [0.4, 0.5) is 0 Å². The van der Waals surface area contributed by atoms with Gasteiger partial charge in [0, 0.05) is 37.6 Å². The molecule has 1 aliphatic rings. The third kappa shape index (κ3) is 6.43. The molecule has 0 unspecified atom stereocenters. The van der Waals surface area contributed by atoms with Gasteiger partial charge in [-0.15, -0.1) is 11.3 Å². The van der Waals surface area contributed by atoms with E-state index in [1.165, 1.54) is 10.4 Å². The van der Waals surface area contributed by atoms with E-state index in [4.69, 9.17) is 18.6 Å². The zero-order chi connectivity index (χ0) is 28.0. The lowest BCUT2D eigenvalue weighted by Crippen LogP contribution is -2.41. The van der Waals surface area contributed by atoms with Gasteiger partial charge in [-0.2, -0.15) is 0 Å². The predicted molar refractivity (Wildman–Crippen MR) is 157 cm³/mol. The summed E-state index contributed by atoms with van der Waals surface area (Å²) in [5.74, 6) is 2.73. The van der Waals surface area contributed by atoms with Crippen LogP contribution in [0.3, 0.4) is 0 Å². The summed E-state index contributed by atoms with van der Waals surface area (Å²) in [5.41, 5.74) is 1.21. The number of ether oxygens (including phenoxy) is 3. The third-order valence-corrected chi connectivity index (χ3v) is 8.59. The van der Waals surface area contributed by atoms with E-state index in [0.29, 0.717) is 23.4 Å². The largest absolute Gasteiger partial charge is 0.497 e. The maximum atomic E-state index is 12.3. The highest BCUT2D eigenvalue weighted by molar-refractivity contribution is 7.10. The van der Waals surface area contributed by atoms with Crippen LogP contribution in [0.25, 0.3) is 0 Å². The van der Waals surface area contributed by atoms with Crippen LogP contribution in [-0.2, 0) is 23.4 Å². The smallest absolute Gasteiger partial charge is 0.173 e. The standard InChI is InChI=1S/C32H38N2O5S/c1-24-14-21-40-30(24)23-34(16-15-33-17-19-38-20-18-33)22-29-12-13-31(39-29)32(35,25-4-8-27(36-2)9-5-25)26-6-10-28(37-3)11-7-26/h4-14,21,35H,15-20,22-23H2,1-3H3. The van der Waals surface area contributed by atoms with Gasteiger partial charge >= 0.3 is 0 Å². The molecule has 0 spiro atoms. The Hall–Kier alpha value is -3.14. The molecule has 0 radical (unpaired) electrons. The van der Waals surface area contributed by atoms with Crippen LogP contribution in [0.1, 0.15) is 33.1 Å². The third-order valence-electron chi connectivity index (χ3n) is 7.58. The van der Waals surface area contributed by atoms with Crippen LogP contribution >= 0.6 is 11.3 Å². The van der Waals surface area contributed by atoms with Crippen molar-refractivity contribution in [2.75, 3.05) is 53.6 Å². The molecule has 5 rings (SSSR count). The number of rotatable bonds is 12. The first kappa shape index (κ1) is 28.4. The first-order chi connectivity index (χ1) is 19.5. The molecule has 0 bridgehead atoms. The van der Waals surface area contributed by atoms with Crippen molar-refractivity contribution in [1.29, 1.82) is 0 Å². The van der Waals surface area contributed by atoms with Crippen LogP contribution in [0.5, 0.6) is 11.5 Å². The lowest BCUT2D eigenvalue weighted by atomic mass is 9.84. The van der Waals surface area contributed by atoms with E-state index in [1.807, 2.05) is 60.7 Å². The topological polar surface area (TPSA) is 67.5 Å². The SMILES string of the molecule is COc1ccc(C(O)(c2ccc(OC)cc2)c2ccc(CN(CCN3CCOCC3)Cc3sccc3C)o2)cc1. The van der Waals surface area contributed by atoms with Gasteiger partial charge in [0.25, 0.3) is 0 Å². The number of aryl methyl sites for hydroxylation is 1. The van der Waals surface area contributed by atoms with Gasteiger partial charge in [0.2, 0.25) is 0 Å². The molecule has 1 aliphatic heterocycles. The van der Waals surface area contributed by atoms with Gasteiger partial charge < -0.3 is 23.7 Å². The molecule has 1 fully saturated rings. The molecule has 2 aromatic carbocycles. The Morgan fingerprint density at radius 1 is 0.875 bits per heavy atom. The van der Waals surface area contributed by atoms with Crippen molar-refractivity contribution in [3.63, 3.8) is 0 Å². The van der Waals surface area contributed by atoms with Gasteiger partial charge in [0.15, 0.2) is 5.60 Å². The van der Waals surface area contributed by atoms with E-state index in [2.05, 4.69) is 28.2 Å². The summed E-state index contributed by atoms with van der Waals surface area (Å²) in [6.07, 6.45) is 0. The summed E-state index contributed by atoms with van der Waals surface area (Å²) < 4.78 is 22.7. The fourth-order valence-corrected chi connectivity index (χ4v) is 6.03. The zero-order valence-electron chi connectivity index (χ0n) is 23.5. The molecule has 40 heavy (non-hydrogen) atoms. The number of hydrogen-bond acceptors (Lipinski definition) is 8. The van der Waals surface area contributed by atoms with Crippen molar-refractivity contribution in [2.45, 2.75) is 25.6 Å². The van der Waals surface area contributed by atoms with Gasteiger partial charge in [0.1, 0.15) is 23.0 Å². The van der Waals surface area contributed by atoms with Crippen LogP contribution in [0.2, 0.25) is 0 Å². The quantitative estimate of drug-likeness (QED) is 0.252. The highest BCUT2D eigenvalue weighted by Gasteiger charge is 2.37. The molecule has 2 aromatic heterocycles. The lowest BCUT2D eigenvalue weighted by molar-refractivity contribution is 0.0320. The Morgan fingerprint density at radius 3 is 2.05 bits per heavy atom. The number of methoxy groups -OCH3 is 2. The first-order valence-electron chi connectivity index (χ1n) is 13.7. The molecule has 1 saturated heterocycles. The average Bonchev–Trinajstić information content (AvgIpc) is 3.65. The average molecular weight is 563 g/mol. The maximum absolute atomic E-state index is 12.3. The van der Waals surface area contributed by atoms with E-state index in [-0.39, 0.29) is 0 Å². The molecule has 0 amide bonds. The minimum atomic E-state index is -1.49. The number of aliphatic hydroxyl groups is 1. The van der Waals surface area contributed by atoms with E-state index >= 15 is 0 Å². The molecule has 1 N–H and O–H groups in total. The van der Waals surface area contributed by atoms with Crippen molar-refractivity contribution in [1.82, 2.24) is 9.80 Å². The fourth-order valence-electron chi connectivity index (χ4n) is 5.08. The molecule has 0 atom stereocenters. The molecule has 0 saturated carbocycles. The minimum absolute atomic E-state index is 0.471. The number of morpholine rings is 1. The molecule has 3 heterocycles. The van der Waals surface area contributed by atoms with Crippen LogP contribution in [0.15, 0.2) is 76.5 Å². The summed E-state index contributed by atoms with van der Waals surface area (Å²) in [5, 5.41) is 14.5. The summed E-state index contributed by atoms with van der Waals surface area (Å²) in [6, 6.07) is 21.0. The van der Waals surface area contributed by atoms with Gasteiger partial charge in [-0.1, -0.05) is 24.3 Å². The van der Waals surface area contributed by atoms with Gasteiger partial charge in [-0.3, -0.25) is 9.80 Å². The predicted octanol–water partition coefficient (Wildman–Crippen LogP) is 5.29. The molecule has 212 valence electrons. The van der Waals surface area contributed by atoms with Crippen molar-refractivity contribution in [3.05, 3.63) is 105 Å². The van der Waals surface area contributed by atoms with Crippen molar-refractivity contribution in [2.24, 2.45) is 0 Å². The zero-order valence-corrected chi connectivity index (χ0v) is 24.3. The number of benzene rings is 2. The van der Waals surface area contributed by atoms with E-state index < -0.39 is 5.60 Å².